The molecule has 7 heteroatoms. The van der Waals surface area contributed by atoms with Crippen molar-refractivity contribution in [2.24, 2.45) is 5.73 Å². The fourth-order valence-electron chi connectivity index (χ4n) is 1.44. The van der Waals surface area contributed by atoms with Crippen LogP contribution in [0.3, 0.4) is 0 Å². The van der Waals surface area contributed by atoms with Gasteiger partial charge < -0.3 is 10.3 Å². The third-order valence-corrected chi connectivity index (χ3v) is 2.51. The van der Waals surface area contributed by atoms with Crippen LogP contribution in [0.4, 0.5) is 5.69 Å². The number of nitro benzene ring substituents is 1. The number of nitro groups is 1. The van der Waals surface area contributed by atoms with Gasteiger partial charge in [-0.3, -0.25) is 10.1 Å². The van der Waals surface area contributed by atoms with Gasteiger partial charge in [0.2, 0.25) is 11.7 Å². The number of nitrogens with two attached hydrogens (primary N) is 1. The summed E-state index contributed by atoms with van der Waals surface area (Å²) in [6.07, 6.45) is 0.677. The quantitative estimate of drug-likeness (QED) is 0.655. The smallest absolute Gasteiger partial charge is 0.270 e. The van der Waals surface area contributed by atoms with E-state index >= 15 is 0 Å². The largest absolute Gasteiger partial charge is 0.337 e. The molecule has 2 aromatic rings. The number of hydrogen-bond donors (Lipinski definition) is 1. The number of aromatic nitrogens is 2. The molecule has 7 nitrogen and oxygen atoms in total. The monoisotopic (exact) mass is 248 g/mol. The van der Waals surface area contributed by atoms with E-state index in [4.69, 9.17) is 10.3 Å². The summed E-state index contributed by atoms with van der Waals surface area (Å²) in [5, 5.41) is 14.4. The summed E-state index contributed by atoms with van der Waals surface area (Å²) in [6, 6.07) is 5.74. The van der Waals surface area contributed by atoms with E-state index in [2.05, 4.69) is 10.1 Å². The lowest BCUT2D eigenvalue weighted by Crippen LogP contribution is -2.08. The molecule has 0 aliphatic rings. The molecule has 1 heterocycles. The molecule has 0 saturated carbocycles. The van der Waals surface area contributed by atoms with E-state index < -0.39 is 4.92 Å². The molecule has 0 aliphatic heterocycles. The fourth-order valence-corrected chi connectivity index (χ4v) is 1.44. The minimum absolute atomic E-state index is 0.0151. The highest BCUT2D eigenvalue weighted by atomic mass is 16.6. The number of hydrogen-bond acceptors (Lipinski definition) is 6. The van der Waals surface area contributed by atoms with Gasteiger partial charge in [0, 0.05) is 17.7 Å². The molecule has 0 fully saturated rings. The molecular weight excluding hydrogens is 236 g/mol. The van der Waals surface area contributed by atoms with E-state index in [9.17, 15) is 10.1 Å². The average Bonchev–Trinajstić information content (AvgIpc) is 2.87. The maximum atomic E-state index is 10.7. The van der Waals surface area contributed by atoms with Gasteiger partial charge >= 0.3 is 0 Å². The van der Waals surface area contributed by atoms with E-state index in [1.807, 2.05) is 6.92 Å². The van der Waals surface area contributed by atoms with Gasteiger partial charge in [0.15, 0.2) is 0 Å². The minimum Gasteiger partial charge on any atom is -0.337 e. The molecule has 0 bridgehead atoms. The molecule has 94 valence electrons. The van der Waals surface area contributed by atoms with Gasteiger partial charge in [-0.25, -0.2) is 0 Å². The van der Waals surface area contributed by atoms with Gasteiger partial charge in [0.1, 0.15) is 0 Å². The zero-order chi connectivity index (χ0) is 13.1. The second-order valence-electron chi connectivity index (χ2n) is 3.78. The maximum Gasteiger partial charge on any atom is 0.270 e. The van der Waals surface area contributed by atoms with Crippen molar-refractivity contribution in [1.82, 2.24) is 10.1 Å². The van der Waals surface area contributed by atoms with E-state index in [1.165, 1.54) is 12.1 Å². The molecule has 1 aromatic carbocycles. The number of nitrogens with zero attached hydrogens (tertiary/aromatic N) is 3. The third kappa shape index (κ3) is 2.35. The summed E-state index contributed by atoms with van der Waals surface area (Å²) in [5.41, 5.74) is 6.27. The SMILES string of the molecule is CC[C@H](N)c1nc(-c2cccc([N+](=O)[O-])c2)no1. The van der Waals surface area contributed by atoms with Crippen LogP contribution >= 0.6 is 0 Å². The fraction of sp³-hybridized carbons (Fsp3) is 0.273. The van der Waals surface area contributed by atoms with E-state index in [-0.39, 0.29) is 11.7 Å². The molecule has 2 rings (SSSR count). The van der Waals surface area contributed by atoms with Crippen molar-refractivity contribution in [2.45, 2.75) is 19.4 Å². The minimum atomic E-state index is -0.470. The van der Waals surface area contributed by atoms with Crippen LogP contribution in [0.5, 0.6) is 0 Å². The molecule has 0 spiro atoms. The van der Waals surface area contributed by atoms with E-state index in [0.717, 1.165) is 0 Å². The summed E-state index contributed by atoms with van der Waals surface area (Å²) in [6.45, 7) is 1.90. The Balaban J connectivity index is 2.34. The second kappa shape index (κ2) is 4.92. The molecule has 1 aromatic heterocycles. The molecule has 1 atom stereocenters. The molecule has 0 aliphatic carbocycles. The normalized spacial score (nSPS) is 12.3. The maximum absolute atomic E-state index is 10.7. The highest BCUT2D eigenvalue weighted by Gasteiger charge is 2.15. The second-order valence-corrected chi connectivity index (χ2v) is 3.78. The Hall–Kier alpha value is -2.28. The Morgan fingerprint density at radius 1 is 1.56 bits per heavy atom. The van der Waals surface area contributed by atoms with Gasteiger partial charge in [-0.05, 0) is 6.42 Å². The molecular formula is C11H12N4O3. The molecule has 0 unspecified atom stereocenters. The number of rotatable bonds is 4. The third-order valence-electron chi connectivity index (χ3n) is 2.51. The molecule has 0 radical (unpaired) electrons. The molecule has 18 heavy (non-hydrogen) atoms. The van der Waals surface area contributed by atoms with Gasteiger partial charge in [0.05, 0.1) is 11.0 Å². The first-order chi connectivity index (χ1) is 8.61. The first kappa shape index (κ1) is 12.2. The van der Waals surface area contributed by atoms with Gasteiger partial charge in [-0.2, -0.15) is 4.98 Å². The Bertz CT molecular complexity index is 567. The van der Waals surface area contributed by atoms with Crippen LogP contribution in [0, 0.1) is 10.1 Å². The summed E-state index contributed by atoms with van der Waals surface area (Å²) in [4.78, 5) is 14.3. The van der Waals surface area contributed by atoms with Gasteiger partial charge in [0.25, 0.3) is 5.69 Å². The average molecular weight is 248 g/mol. The van der Waals surface area contributed by atoms with Gasteiger partial charge in [-0.15, -0.1) is 0 Å². The Kier molecular flexibility index (Phi) is 3.33. The highest BCUT2D eigenvalue weighted by Crippen LogP contribution is 2.22. The Labute approximate surface area is 103 Å². The van der Waals surface area contributed by atoms with Crippen molar-refractivity contribution in [3.05, 3.63) is 40.3 Å². The van der Waals surface area contributed by atoms with Crippen LogP contribution in [0.2, 0.25) is 0 Å². The van der Waals surface area contributed by atoms with Crippen molar-refractivity contribution in [1.29, 1.82) is 0 Å². The van der Waals surface area contributed by atoms with Crippen molar-refractivity contribution < 1.29 is 9.45 Å². The Morgan fingerprint density at radius 3 is 3.00 bits per heavy atom. The molecule has 2 N–H and O–H groups in total. The first-order valence-electron chi connectivity index (χ1n) is 5.46. The van der Waals surface area contributed by atoms with Crippen LogP contribution < -0.4 is 5.73 Å². The zero-order valence-electron chi connectivity index (χ0n) is 9.74. The van der Waals surface area contributed by atoms with Crippen LogP contribution in [-0.2, 0) is 0 Å². The number of benzene rings is 1. The highest BCUT2D eigenvalue weighted by molar-refractivity contribution is 5.58. The van der Waals surface area contributed by atoms with Crippen molar-refractivity contribution in [2.75, 3.05) is 0 Å². The van der Waals surface area contributed by atoms with Crippen molar-refractivity contribution in [3.8, 4) is 11.4 Å². The van der Waals surface area contributed by atoms with Crippen molar-refractivity contribution in [3.63, 3.8) is 0 Å². The van der Waals surface area contributed by atoms with Crippen molar-refractivity contribution >= 4 is 5.69 Å². The summed E-state index contributed by atoms with van der Waals surface area (Å²) >= 11 is 0. The zero-order valence-corrected chi connectivity index (χ0v) is 9.74. The standard InChI is InChI=1S/C11H12N4O3/c1-2-9(12)11-13-10(14-18-11)7-4-3-5-8(6-7)15(16)17/h3-6,9H,2,12H2,1H3/t9-/m0/s1. The van der Waals surface area contributed by atoms with E-state index in [1.54, 1.807) is 12.1 Å². The predicted molar refractivity (Wildman–Crippen MR) is 63.6 cm³/mol. The lowest BCUT2D eigenvalue weighted by molar-refractivity contribution is -0.384. The molecule has 0 saturated heterocycles. The van der Waals surface area contributed by atoms with Crippen LogP contribution in [0.25, 0.3) is 11.4 Å². The van der Waals surface area contributed by atoms with Crippen LogP contribution in [0.15, 0.2) is 28.8 Å². The van der Waals surface area contributed by atoms with Gasteiger partial charge in [-0.1, -0.05) is 24.2 Å². The lowest BCUT2D eigenvalue weighted by atomic mass is 10.2. The lowest BCUT2D eigenvalue weighted by Gasteiger charge is -1.99. The predicted octanol–water partition coefficient (Wildman–Crippen LogP) is 2.05. The van der Waals surface area contributed by atoms with Crippen LogP contribution in [0.1, 0.15) is 25.3 Å². The van der Waals surface area contributed by atoms with E-state index in [0.29, 0.717) is 23.7 Å². The summed E-state index contributed by atoms with van der Waals surface area (Å²) < 4.78 is 5.02. The van der Waals surface area contributed by atoms with Crippen LogP contribution in [-0.4, -0.2) is 15.1 Å². The Morgan fingerprint density at radius 2 is 2.33 bits per heavy atom. The first-order valence-corrected chi connectivity index (χ1v) is 5.46. The topological polar surface area (TPSA) is 108 Å². The number of non-ortho nitro benzene ring substituents is 1. The molecule has 0 amide bonds. The summed E-state index contributed by atoms with van der Waals surface area (Å²) in [5.74, 6) is 0.636. The summed E-state index contributed by atoms with van der Waals surface area (Å²) in [7, 11) is 0.